The van der Waals surface area contributed by atoms with Crippen molar-refractivity contribution in [2.45, 2.75) is 47.6 Å². The number of hydrogen-bond acceptors (Lipinski definition) is 3. The van der Waals surface area contributed by atoms with Crippen LogP contribution in [0.2, 0.25) is 0 Å². The summed E-state index contributed by atoms with van der Waals surface area (Å²) >= 11 is 0. The highest BCUT2D eigenvalue weighted by molar-refractivity contribution is 5.05. The van der Waals surface area contributed by atoms with Crippen LogP contribution in [0.15, 0.2) is 12.4 Å². The molecule has 0 saturated heterocycles. The predicted molar refractivity (Wildman–Crippen MR) is 71.7 cm³/mol. The van der Waals surface area contributed by atoms with Crippen LogP contribution in [0.4, 0.5) is 0 Å². The lowest BCUT2D eigenvalue weighted by Crippen LogP contribution is -2.19. The molecule has 1 aromatic heterocycles. The molecule has 0 aliphatic carbocycles. The van der Waals surface area contributed by atoms with Gasteiger partial charge in [0, 0.05) is 30.9 Å². The van der Waals surface area contributed by atoms with Crippen molar-refractivity contribution in [3.8, 4) is 0 Å². The topological polar surface area (TPSA) is 37.8 Å². The molecule has 0 saturated carbocycles. The molecule has 0 amide bonds. The lowest BCUT2D eigenvalue weighted by molar-refractivity contribution is 0.400. The summed E-state index contributed by atoms with van der Waals surface area (Å²) in [4.78, 5) is 8.82. The van der Waals surface area contributed by atoms with Gasteiger partial charge < -0.3 is 5.32 Å². The number of hydrogen-bond donors (Lipinski definition) is 1. The first-order valence-corrected chi connectivity index (χ1v) is 6.37. The summed E-state index contributed by atoms with van der Waals surface area (Å²) in [6.07, 6.45) is 4.79. The lowest BCUT2D eigenvalue weighted by Gasteiger charge is -2.16. The lowest BCUT2D eigenvalue weighted by atomic mass is 9.92. The maximum atomic E-state index is 4.41. The Hall–Kier alpha value is -0.960. The number of nitrogens with one attached hydrogen (secondary N) is 1. The van der Waals surface area contributed by atoms with E-state index in [1.165, 1.54) is 0 Å². The molecule has 0 atom stereocenters. The molecule has 3 heteroatoms. The third-order valence-corrected chi connectivity index (χ3v) is 2.33. The van der Waals surface area contributed by atoms with Crippen LogP contribution in [-0.2, 0) is 13.0 Å². The molecule has 96 valence electrons. The van der Waals surface area contributed by atoms with E-state index >= 15 is 0 Å². The van der Waals surface area contributed by atoms with Gasteiger partial charge in [0.05, 0.1) is 0 Å². The highest BCUT2D eigenvalue weighted by atomic mass is 14.9. The van der Waals surface area contributed by atoms with Crippen molar-refractivity contribution in [2.75, 3.05) is 6.54 Å². The Bertz CT molecular complexity index is 322. The molecule has 0 unspecified atom stereocenters. The van der Waals surface area contributed by atoms with E-state index in [0.29, 0.717) is 5.92 Å². The summed E-state index contributed by atoms with van der Waals surface area (Å²) in [5.41, 5.74) is 1.40. The van der Waals surface area contributed by atoms with Gasteiger partial charge in [-0.2, -0.15) is 0 Å². The van der Waals surface area contributed by atoms with Gasteiger partial charge in [-0.1, -0.05) is 34.6 Å². The number of nitrogens with zero attached hydrogens (tertiary/aromatic N) is 2. The Kier molecular flexibility index (Phi) is 5.06. The minimum absolute atomic E-state index is 0.247. The van der Waals surface area contributed by atoms with Crippen molar-refractivity contribution >= 4 is 0 Å². The molecular formula is C14H25N3. The highest BCUT2D eigenvalue weighted by Gasteiger charge is 2.12. The monoisotopic (exact) mass is 235 g/mol. The average molecular weight is 235 g/mol. The second-order valence-electron chi connectivity index (χ2n) is 6.27. The van der Waals surface area contributed by atoms with E-state index in [4.69, 9.17) is 0 Å². The van der Waals surface area contributed by atoms with E-state index in [1.54, 1.807) is 0 Å². The van der Waals surface area contributed by atoms with Gasteiger partial charge in [0.1, 0.15) is 5.82 Å². The third kappa shape index (κ3) is 6.37. The highest BCUT2D eigenvalue weighted by Crippen LogP contribution is 2.17. The van der Waals surface area contributed by atoms with E-state index in [9.17, 15) is 0 Å². The second-order valence-corrected chi connectivity index (χ2v) is 6.27. The van der Waals surface area contributed by atoms with Crippen molar-refractivity contribution in [3.63, 3.8) is 0 Å². The Morgan fingerprint density at radius 1 is 1.18 bits per heavy atom. The van der Waals surface area contributed by atoms with Crippen LogP contribution < -0.4 is 5.32 Å². The van der Waals surface area contributed by atoms with Crippen molar-refractivity contribution < 1.29 is 0 Å². The quantitative estimate of drug-likeness (QED) is 0.853. The fraction of sp³-hybridized carbons (Fsp3) is 0.714. The van der Waals surface area contributed by atoms with E-state index < -0.39 is 0 Å². The first kappa shape index (κ1) is 14.1. The molecule has 3 nitrogen and oxygen atoms in total. The number of rotatable bonds is 5. The molecule has 1 heterocycles. The van der Waals surface area contributed by atoms with Crippen LogP contribution in [-0.4, -0.2) is 16.5 Å². The number of aromatic nitrogens is 2. The maximum absolute atomic E-state index is 4.41. The summed E-state index contributed by atoms with van der Waals surface area (Å²) in [7, 11) is 0. The standard InChI is InChI=1S/C14H25N3/c1-11(2)7-15-8-12-9-16-13(17-10-12)6-14(3,4)5/h9-11,15H,6-8H2,1-5H3. The minimum Gasteiger partial charge on any atom is -0.312 e. The van der Waals surface area contributed by atoms with E-state index in [-0.39, 0.29) is 5.41 Å². The zero-order chi connectivity index (χ0) is 12.9. The largest absolute Gasteiger partial charge is 0.312 e. The van der Waals surface area contributed by atoms with Gasteiger partial charge in [0.15, 0.2) is 0 Å². The van der Waals surface area contributed by atoms with Gasteiger partial charge in [0.2, 0.25) is 0 Å². The van der Waals surface area contributed by atoms with Crippen molar-refractivity contribution in [3.05, 3.63) is 23.8 Å². The normalized spacial score (nSPS) is 12.1. The molecule has 0 aliphatic rings. The molecule has 17 heavy (non-hydrogen) atoms. The van der Waals surface area contributed by atoms with Gasteiger partial charge in [-0.05, 0) is 17.9 Å². The summed E-state index contributed by atoms with van der Waals surface area (Å²) < 4.78 is 0. The Morgan fingerprint density at radius 2 is 1.76 bits per heavy atom. The van der Waals surface area contributed by atoms with Gasteiger partial charge in [-0.3, -0.25) is 0 Å². The molecule has 0 spiro atoms. The molecule has 0 aliphatic heterocycles. The van der Waals surface area contributed by atoms with Crippen molar-refractivity contribution in [2.24, 2.45) is 11.3 Å². The Labute approximate surface area is 105 Å². The second kappa shape index (κ2) is 6.10. The molecular weight excluding hydrogens is 210 g/mol. The summed E-state index contributed by atoms with van der Waals surface area (Å²) in [6, 6.07) is 0. The van der Waals surface area contributed by atoms with Crippen LogP contribution >= 0.6 is 0 Å². The van der Waals surface area contributed by atoms with E-state index in [1.807, 2.05) is 12.4 Å². The molecule has 1 N–H and O–H groups in total. The fourth-order valence-corrected chi connectivity index (χ4v) is 1.54. The molecule has 0 aromatic carbocycles. The average Bonchev–Trinajstić information content (AvgIpc) is 2.18. The Morgan fingerprint density at radius 3 is 2.24 bits per heavy atom. The molecule has 0 bridgehead atoms. The summed E-state index contributed by atoms with van der Waals surface area (Å²) in [6.45, 7) is 12.9. The molecule has 0 fully saturated rings. The Balaban J connectivity index is 2.45. The van der Waals surface area contributed by atoms with E-state index in [2.05, 4.69) is 49.9 Å². The zero-order valence-corrected chi connectivity index (χ0v) is 11.7. The van der Waals surface area contributed by atoms with Crippen LogP contribution in [0.1, 0.15) is 46.0 Å². The molecule has 1 aromatic rings. The fourth-order valence-electron chi connectivity index (χ4n) is 1.54. The maximum Gasteiger partial charge on any atom is 0.128 e. The third-order valence-electron chi connectivity index (χ3n) is 2.33. The first-order chi connectivity index (χ1) is 7.87. The van der Waals surface area contributed by atoms with E-state index in [0.717, 1.165) is 30.9 Å². The minimum atomic E-state index is 0.247. The van der Waals surface area contributed by atoms with Gasteiger partial charge in [-0.25, -0.2) is 9.97 Å². The summed E-state index contributed by atoms with van der Waals surface area (Å²) in [5, 5.41) is 3.39. The van der Waals surface area contributed by atoms with Crippen molar-refractivity contribution in [1.29, 1.82) is 0 Å². The predicted octanol–water partition coefficient (Wildman–Crippen LogP) is 2.81. The van der Waals surface area contributed by atoms with Crippen LogP contribution in [0, 0.1) is 11.3 Å². The van der Waals surface area contributed by atoms with Crippen molar-refractivity contribution in [1.82, 2.24) is 15.3 Å². The summed E-state index contributed by atoms with van der Waals surface area (Å²) in [5.74, 6) is 1.61. The van der Waals surface area contributed by atoms with Gasteiger partial charge in [0.25, 0.3) is 0 Å². The zero-order valence-electron chi connectivity index (χ0n) is 11.7. The SMILES string of the molecule is CC(C)CNCc1cnc(CC(C)(C)C)nc1. The first-order valence-electron chi connectivity index (χ1n) is 6.37. The van der Waals surface area contributed by atoms with Crippen LogP contribution in [0.25, 0.3) is 0 Å². The smallest absolute Gasteiger partial charge is 0.128 e. The van der Waals surface area contributed by atoms with Crippen LogP contribution in [0.3, 0.4) is 0 Å². The molecule has 1 rings (SSSR count). The van der Waals surface area contributed by atoms with Gasteiger partial charge in [-0.15, -0.1) is 0 Å². The molecule has 0 radical (unpaired) electrons. The van der Waals surface area contributed by atoms with Gasteiger partial charge >= 0.3 is 0 Å². The van der Waals surface area contributed by atoms with Crippen LogP contribution in [0.5, 0.6) is 0 Å².